The lowest BCUT2D eigenvalue weighted by molar-refractivity contribution is 0.292. The molecule has 1 aliphatic rings. The van der Waals surface area contributed by atoms with Crippen molar-refractivity contribution in [1.29, 1.82) is 5.41 Å². The number of sulfone groups is 1. The highest BCUT2D eigenvalue weighted by Crippen LogP contribution is 2.29. The Morgan fingerprint density at radius 2 is 2.14 bits per heavy atom. The molecule has 3 N–H and O–H groups in total. The average Bonchev–Trinajstić information content (AvgIpc) is 3.27. The van der Waals surface area contributed by atoms with Crippen molar-refractivity contribution in [3.8, 4) is 0 Å². The minimum atomic E-state index is -3.33. The van der Waals surface area contributed by atoms with E-state index in [1.807, 2.05) is 0 Å². The lowest BCUT2D eigenvalue weighted by Gasteiger charge is -2.20. The summed E-state index contributed by atoms with van der Waals surface area (Å²) in [5.41, 5.74) is 5.86. The molecule has 0 heterocycles. The van der Waals surface area contributed by atoms with Crippen molar-refractivity contribution >= 4 is 15.7 Å². The van der Waals surface area contributed by atoms with Crippen LogP contribution in [0, 0.1) is 11.3 Å². The number of hydrogen-bond acceptors (Lipinski definition) is 4. The van der Waals surface area contributed by atoms with Crippen LogP contribution in [0.4, 0.5) is 0 Å². The minimum Gasteiger partial charge on any atom is -0.384 e. The summed E-state index contributed by atoms with van der Waals surface area (Å²) < 4.78 is 24.8. The lowest BCUT2D eigenvalue weighted by Crippen LogP contribution is -2.31. The summed E-state index contributed by atoms with van der Waals surface area (Å²) in [6, 6.07) is 6.33. The largest absolute Gasteiger partial charge is 0.384 e. The summed E-state index contributed by atoms with van der Waals surface area (Å²) in [6.07, 6.45) is 2.54. The third-order valence-corrected chi connectivity index (χ3v) is 5.53. The number of amidine groups is 1. The zero-order valence-electron chi connectivity index (χ0n) is 12.4. The van der Waals surface area contributed by atoms with E-state index in [0.29, 0.717) is 12.1 Å². The van der Waals surface area contributed by atoms with Gasteiger partial charge < -0.3 is 10.6 Å². The fraction of sp³-hybridized carbons (Fsp3) is 0.533. The van der Waals surface area contributed by atoms with E-state index < -0.39 is 9.84 Å². The Bertz CT molecular complexity index is 609. The average molecular weight is 309 g/mol. The summed E-state index contributed by atoms with van der Waals surface area (Å²) in [6.45, 7) is 4.49. The van der Waals surface area contributed by atoms with Crippen molar-refractivity contribution in [3.63, 3.8) is 0 Å². The van der Waals surface area contributed by atoms with Gasteiger partial charge in [0.15, 0.2) is 9.84 Å². The number of rotatable bonds is 8. The highest BCUT2D eigenvalue weighted by Gasteiger charge is 2.24. The predicted octanol–water partition coefficient (Wildman–Crippen LogP) is 1.48. The first-order valence-corrected chi connectivity index (χ1v) is 8.97. The van der Waals surface area contributed by atoms with Crippen molar-refractivity contribution in [2.75, 3.05) is 25.4 Å². The van der Waals surface area contributed by atoms with Crippen molar-refractivity contribution in [3.05, 3.63) is 29.8 Å². The second kappa shape index (κ2) is 6.58. The standard InChI is InChI=1S/C15H23N3O2S/c1-2-18(11-12-6-7-12)8-9-21(19,20)14-5-3-4-13(10-14)15(16)17/h3-5,10,12H,2,6-9,11H2,1H3,(H3,16,17). The van der Waals surface area contributed by atoms with Gasteiger partial charge in [-0.25, -0.2) is 8.42 Å². The molecule has 0 amide bonds. The van der Waals surface area contributed by atoms with E-state index in [4.69, 9.17) is 11.1 Å². The van der Waals surface area contributed by atoms with Crippen molar-refractivity contribution in [2.45, 2.75) is 24.7 Å². The van der Waals surface area contributed by atoms with E-state index in [0.717, 1.165) is 19.0 Å². The maximum Gasteiger partial charge on any atom is 0.179 e. The van der Waals surface area contributed by atoms with Gasteiger partial charge in [0.25, 0.3) is 0 Å². The topological polar surface area (TPSA) is 87.2 Å². The number of hydrogen-bond donors (Lipinski definition) is 2. The van der Waals surface area contributed by atoms with Gasteiger partial charge in [-0.05, 0) is 37.4 Å². The van der Waals surface area contributed by atoms with Gasteiger partial charge in [0.2, 0.25) is 0 Å². The molecule has 0 atom stereocenters. The molecule has 0 radical (unpaired) electrons. The molecule has 0 aliphatic heterocycles. The van der Waals surface area contributed by atoms with Gasteiger partial charge in [0, 0.05) is 18.7 Å². The van der Waals surface area contributed by atoms with Crippen molar-refractivity contribution < 1.29 is 8.42 Å². The van der Waals surface area contributed by atoms with E-state index in [2.05, 4.69) is 11.8 Å². The van der Waals surface area contributed by atoms with Crippen LogP contribution < -0.4 is 5.73 Å². The first-order valence-electron chi connectivity index (χ1n) is 7.32. The Labute approximate surface area is 126 Å². The number of nitrogens with two attached hydrogens (primary N) is 1. The lowest BCUT2D eigenvalue weighted by atomic mass is 10.2. The molecule has 0 aromatic heterocycles. The van der Waals surface area contributed by atoms with Crippen molar-refractivity contribution in [2.24, 2.45) is 11.7 Å². The molecule has 0 saturated heterocycles. The summed E-state index contributed by atoms with van der Waals surface area (Å²) in [5.74, 6) is 0.749. The molecule has 2 rings (SSSR count). The van der Waals surface area contributed by atoms with Crippen molar-refractivity contribution in [1.82, 2.24) is 4.90 Å². The van der Waals surface area contributed by atoms with E-state index in [1.165, 1.54) is 18.9 Å². The minimum absolute atomic E-state index is 0.106. The van der Waals surface area contributed by atoms with Gasteiger partial charge in [-0.1, -0.05) is 19.1 Å². The molecule has 0 unspecified atom stereocenters. The first-order chi connectivity index (χ1) is 9.92. The van der Waals surface area contributed by atoms with Gasteiger partial charge in [-0.3, -0.25) is 5.41 Å². The molecule has 21 heavy (non-hydrogen) atoms. The van der Waals surface area contributed by atoms with E-state index >= 15 is 0 Å². The maximum absolute atomic E-state index is 12.4. The Balaban J connectivity index is 2.03. The molecule has 1 aromatic rings. The molecule has 0 spiro atoms. The van der Waals surface area contributed by atoms with Crippen LogP contribution in [0.1, 0.15) is 25.3 Å². The molecule has 1 saturated carbocycles. The Morgan fingerprint density at radius 3 is 2.71 bits per heavy atom. The molecular weight excluding hydrogens is 286 g/mol. The highest BCUT2D eigenvalue weighted by atomic mass is 32.2. The second-order valence-electron chi connectivity index (χ2n) is 5.60. The summed E-state index contributed by atoms with van der Waals surface area (Å²) in [7, 11) is -3.33. The number of nitrogens with zero attached hydrogens (tertiary/aromatic N) is 1. The monoisotopic (exact) mass is 309 g/mol. The fourth-order valence-electron chi connectivity index (χ4n) is 2.27. The van der Waals surface area contributed by atoms with Gasteiger partial charge in [-0.15, -0.1) is 0 Å². The van der Waals surface area contributed by atoms with E-state index in [9.17, 15) is 8.42 Å². The van der Waals surface area contributed by atoms with Crippen LogP contribution in [0.2, 0.25) is 0 Å². The Morgan fingerprint density at radius 1 is 1.43 bits per heavy atom. The van der Waals surface area contributed by atoms with Gasteiger partial charge in [0.05, 0.1) is 10.6 Å². The zero-order valence-corrected chi connectivity index (χ0v) is 13.2. The molecule has 1 aromatic carbocycles. The quantitative estimate of drug-likeness (QED) is 0.562. The van der Waals surface area contributed by atoms with Crippen LogP contribution in [-0.4, -0.2) is 44.5 Å². The van der Waals surface area contributed by atoms with Gasteiger partial charge >= 0.3 is 0 Å². The molecular formula is C15H23N3O2S. The number of benzene rings is 1. The van der Waals surface area contributed by atoms with Crippen LogP contribution in [0.5, 0.6) is 0 Å². The third-order valence-electron chi connectivity index (χ3n) is 3.84. The van der Waals surface area contributed by atoms with Gasteiger partial charge in [-0.2, -0.15) is 0 Å². The van der Waals surface area contributed by atoms with Crippen LogP contribution in [0.15, 0.2) is 29.2 Å². The Kier molecular flexibility index (Phi) is 5.00. The molecule has 116 valence electrons. The molecule has 5 nitrogen and oxygen atoms in total. The van der Waals surface area contributed by atoms with E-state index in [1.54, 1.807) is 18.2 Å². The summed E-state index contributed by atoms with van der Waals surface area (Å²) in [5, 5.41) is 7.40. The molecule has 0 bridgehead atoms. The third kappa shape index (κ3) is 4.54. The Hall–Kier alpha value is -1.40. The van der Waals surface area contributed by atoms with E-state index in [-0.39, 0.29) is 16.5 Å². The van der Waals surface area contributed by atoms with Crippen LogP contribution in [0.3, 0.4) is 0 Å². The zero-order chi connectivity index (χ0) is 15.5. The van der Waals surface area contributed by atoms with Crippen LogP contribution in [0.25, 0.3) is 0 Å². The summed E-state index contributed by atoms with van der Waals surface area (Å²) in [4.78, 5) is 2.45. The second-order valence-corrected chi connectivity index (χ2v) is 7.71. The SMILES string of the molecule is CCN(CCS(=O)(=O)c1cccc(C(=N)N)c1)CC1CC1. The fourth-order valence-corrected chi connectivity index (χ4v) is 3.59. The molecule has 1 aliphatic carbocycles. The van der Waals surface area contributed by atoms with Crippen LogP contribution >= 0.6 is 0 Å². The number of nitrogens with one attached hydrogen (secondary N) is 1. The summed E-state index contributed by atoms with van der Waals surface area (Å²) >= 11 is 0. The maximum atomic E-state index is 12.4. The smallest absolute Gasteiger partial charge is 0.179 e. The van der Waals surface area contributed by atoms with Gasteiger partial charge in [0.1, 0.15) is 5.84 Å². The predicted molar refractivity (Wildman–Crippen MR) is 84.3 cm³/mol. The number of nitrogen functional groups attached to an aromatic ring is 1. The molecule has 6 heteroatoms. The normalized spacial score (nSPS) is 15.3. The molecule has 1 fully saturated rings. The van der Waals surface area contributed by atoms with Crippen LogP contribution in [-0.2, 0) is 9.84 Å². The highest BCUT2D eigenvalue weighted by molar-refractivity contribution is 7.91. The first kappa shape index (κ1) is 16.0.